The molecule has 2 aromatic rings. The maximum absolute atomic E-state index is 13.5. The minimum absolute atomic E-state index is 0.122. The smallest absolute Gasteiger partial charge is 0.273 e. The van der Waals surface area contributed by atoms with E-state index in [4.69, 9.17) is 9.47 Å². The van der Waals surface area contributed by atoms with Crippen LogP contribution in [0.3, 0.4) is 0 Å². The number of hydrogen-bond donors (Lipinski definition) is 2. The number of nitrogens with one attached hydrogen (secondary N) is 2. The van der Waals surface area contributed by atoms with Crippen molar-refractivity contribution in [1.29, 1.82) is 0 Å². The molecule has 2 aliphatic rings. The van der Waals surface area contributed by atoms with Crippen LogP contribution in [0.25, 0.3) is 0 Å². The first kappa shape index (κ1) is 25.5. The molecule has 4 rings (SSSR count). The lowest BCUT2D eigenvalue weighted by Crippen LogP contribution is -2.65. The Labute approximate surface area is 211 Å². The number of methoxy groups -OCH3 is 2. The molecule has 3 amide bonds. The van der Waals surface area contributed by atoms with Gasteiger partial charge in [0.2, 0.25) is 5.91 Å². The van der Waals surface area contributed by atoms with Crippen LogP contribution in [0.5, 0.6) is 11.5 Å². The molecule has 0 spiro atoms. The summed E-state index contributed by atoms with van der Waals surface area (Å²) in [4.78, 5) is 41.4. The number of hydrogen-bond acceptors (Lipinski definition) is 6. The van der Waals surface area contributed by atoms with Crippen molar-refractivity contribution in [1.82, 2.24) is 25.3 Å². The number of nitrogens with zero attached hydrogens (tertiary/aromatic N) is 3. The zero-order chi connectivity index (χ0) is 25.9. The summed E-state index contributed by atoms with van der Waals surface area (Å²) in [5.74, 6) is 0.374. The van der Waals surface area contributed by atoms with Crippen LogP contribution < -0.4 is 20.1 Å². The van der Waals surface area contributed by atoms with Gasteiger partial charge >= 0.3 is 0 Å². The van der Waals surface area contributed by atoms with E-state index in [0.29, 0.717) is 30.2 Å². The number of benzene rings is 1. The van der Waals surface area contributed by atoms with Gasteiger partial charge in [-0.25, -0.2) is 0 Å². The molecular weight excluding hydrogens is 462 g/mol. The van der Waals surface area contributed by atoms with E-state index in [-0.39, 0.29) is 36.6 Å². The summed E-state index contributed by atoms with van der Waals surface area (Å²) >= 11 is 0. The van der Waals surface area contributed by atoms with E-state index in [0.717, 1.165) is 31.2 Å². The molecule has 0 bridgehead atoms. The lowest BCUT2D eigenvalue weighted by Gasteiger charge is -2.43. The van der Waals surface area contributed by atoms with Gasteiger partial charge in [-0.3, -0.25) is 19.1 Å². The van der Waals surface area contributed by atoms with Crippen molar-refractivity contribution >= 4 is 17.7 Å². The van der Waals surface area contributed by atoms with Gasteiger partial charge in [-0.1, -0.05) is 19.8 Å². The molecule has 36 heavy (non-hydrogen) atoms. The Kier molecular flexibility index (Phi) is 7.51. The highest BCUT2D eigenvalue weighted by atomic mass is 16.5. The molecule has 10 nitrogen and oxygen atoms in total. The maximum Gasteiger partial charge on any atom is 0.273 e. The molecule has 1 fully saturated rings. The lowest BCUT2D eigenvalue weighted by molar-refractivity contribution is -0.133. The fraction of sp³-hybridized carbons (Fsp3) is 0.538. The van der Waals surface area contributed by atoms with Crippen LogP contribution in [-0.4, -0.2) is 64.7 Å². The summed E-state index contributed by atoms with van der Waals surface area (Å²) in [6, 6.07) is 6.98. The second-order valence-corrected chi connectivity index (χ2v) is 9.62. The molecule has 0 saturated heterocycles. The molecule has 1 aromatic heterocycles. The Morgan fingerprint density at radius 2 is 1.92 bits per heavy atom. The number of carbonyl (C=O) groups excluding carboxylic acids is 3. The minimum atomic E-state index is -1.09. The minimum Gasteiger partial charge on any atom is -0.497 e. The maximum atomic E-state index is 13.5. The van der Waals surface area contributed by atoms with Gasteiger partial charge in [0.1, 0.15) is 22.7 Å². The van der Waals surface area contributed by atoms with Gasteiger partial charge < -0.3 is 25.0 Å². The van der Waals surface area contributed by atoms with E-state index in [1.54, 1.807) is 44.2 Å². The molecular formula is C26H35N5O5. The number of fused-ring (bicyclic) bond motifs is 1. The number of carbonyl (C=O) groups is 3. The van der Waals surface area contributed by atoms with Crippen LogP contribution in [0.4, 0.5) is 0 Å². The van der Waals surface area contributed by atoms with Crippen molar-refractivity contribution < 1.29 is 23.9 Å². The number of amides is 3. The van der Waals surface area contributed by atoms with E-state index in [9.17, 15) is 14.4 Å². The van der Waals surface area contributed by atoms with E-state index in [1.165, 1.54) is 10.7 Å². The summed E-state index contributed by atoms with van der Waals surface area (Å²) in [5.41, 5.74) is 0.0856. The largest absolute Gasteiger partial charge is 0.497 e. The highest BCUT2D eigenvalue weighted by Crippen LogP contribution is 2.29. The fourth-order valence-electron chi connectivity index (χ4n) is 5.02. The van der Waals surface area contributed by atoms with Crippen molar-refractivity contribution in [2.24, 2.45) is 0 Å². The van der Waals surface area contributed by atoms with Crippen molar-refractivity contribution in [3.8, 4) is 11.5 Å². The molecule has 1 atom stereocenters. The summed E-state index contributed by atoms with van der Waals surface area (Å²) in [6.45, 7) is 4.57. The van der Waals surface area contributed by atoms with Crippen molar-refractivity contribution in [2.45, 2.75) is 70.6 Å². The van der Waals surface area contributed by atoms with Gasteiger partial charge in [0.05, 0.1) is 20.8 Å². The van der Waals surface area contributed by atoms with Gasteiger partial charge in [-0.05, 0) is 44.4 Å². The summed E-state index contributed by atoms with van der Waals surface area (Å²) < 4.78 is 12.1. The Bertz CT molecular complexity index is 1140. The molecule has 1 saturated carbocycles. The van der Waals surface area contributed by atoms with Crippen molar-refractivity contribution in [2.75, 3.05) is 20.8 Å². The summed E-state index contributed by atoms with van der Waals surface area (Å²) in [5, 5.41) is 10.4. The summed E-state index contributed by atoms with van der Waals surface area (Å²) in [7, 11) is 3.13. The topological polar surface area (TPSA) is 115 Å². The van der Waals surface area contributed by atoms with Gasteiger partial charge in [-0.2, -0.15) is 5.10 Å². The lowest BCUT2D eigenvalue weighted by atomic mass is 9.94. The first-order valence-corrected chi connectivity index (χ1v) is 12.5. The Morgan fingerprint density at radius 3 is 2.58 bits per heavy atom. The Morgan fingerprint density at radius 1 is 1.17 bits per heavy atom. The van der Waals surface area contributed by atoms with Crippen LogP contribution in [0, 0.1) is 0 Å². The van der Waals surface area contributed by atoms with Crippen LogP contribution >= 0.6 is 0 Å². The van der Waals surface area contributed by atoms with Crippen molar-refractivity contribution in [3.63, 3.8) is 0 Å². The quantitative estimate of drug-likeness (QED) is 0.550. The molecule has 2 heterocycles. The molecule has 1 aliphatic heterocycles. The first-order valence-electron chi connectivity index (χ1n) is 12.5. The molecule has 0 unspecified atom stereocenters. The van der Waals surface area contributed by atoms with Crippen LogP contribution in [-0.2, 0) is 17.9 Å². The number of ether oxygens (including phenoxy) is 2. The average Bonchev–Trinajstić information content (AvgIpc) is 3.55. The predicted molar refractivity (Wildman–Crippen MR) is 133 cm³/mol. The van der Waals surface area contributed by atoms with Gasteiger partial charge in [0, 0.05) is 30.8 Å². The number of aromatic nitrogens is 2. The van der Waals surface area contributed by atoms with Crippen molar-refractivity contribution in [3.05, 3.63) is 41.2 Å². The van der Waals surface area contributed by atoms with Gasteiger partial charge in [0.15, 0.2) is 5.69 Å². The zero-order valence-corrected chi connectivity index (χ0v) is 21.4. The molecule has 2 N–H and O–H groups in total. The average molecular weight is 498 g/mol. The fourth-order valence-corrected chi connectivity index (χ4v) is 5.02. The molecule has 10 heteroatoms. The third-order valence-corrected chi connectivity index (χ3v) is 7.08. The molecule has 194 valence electrons. The van der Waals surface area contributed by atoms with E-state index >= 15 is 0 Å². The normalized spacial score (nSPS) is 19.7. The third-order valence-electron chi connectivity index (χ3n) is 7.08. The Balaban J connectivity index is 1.54. The standard InChI is InChI=1S/C26H35N5O5/c1-5-12-30-24(33)21-14-20(23(32)27-15-17-13-19(35-3)10-11-22(17)36-4)29-31(21)16-26(30,2)25(34)28-18-8-6-7-9-18/h10-11,13-14,18H,5-9,12,15-16H2,1-4H3,(H,27,32)(H,28,34)/t26-/m1/s1. The zero-order valence-electron chi connectivity index (χ0n) is 21.4. The third kappa shape index (κ3) is 4.89. The van der Waals surface area contributed by atoms with E-state index in [1.807, 2.05) is 6.92 Å². The van der Waals surface area contributed by atoms with E-state index < -0.39 is 11.4 Å². The SMILES string of the molecule is CCCN1C(=O)c2cc(C(=O)NCc3cc(OC)ccc3OC)nn2C[C@]1(C)C(=O)NC1CCCC1. The van der Waals surface area contributed by atoms with Crippen LogP contribution in [0.15, 0.2) is 24.3 Å². The second kappa shape index (κ2) is 10.6. The molecule has 1 aromatic carbocycles. The Hall–Kier alpha value is -3.56. The molecule has 1 aliphatic carbocycles. The predicted octanol–water partition coefficient (Wildman–Crippen LogP) is 2.51. The second-order valence-electron chi connectivity index (χ2n) is 9.62. The van der Waals surface area contributed by atoms with Gasteiger partial charge in [-0.15, -0.1) is 0 Å². The number of rotatable bonds is 9. The van der Waals surface area contributed by atoms with Gasteiger partial charge in [0.25, 0.3) is 11.8 Å². The summed E-state index contributed by atoms with van der Waals surface area (Å²) in [6.07, 6.45) is 4.82. The molecule has 0 radical (unpaired) electrons. The monoisotopic (exact) mass is 497 g/mol. The highest BCUT2D eigenvalue weighted by Gasteiger charge is 2.48. The highest BCUT2D eigenvalue weighted by molar-refractivity contribution is 6.02. The van der Waals surface area contributed by atoms with E-state index in [2.05, 4.69) is 15.7 Å². The van der Waals surface area contributed by atoms with Crippen LogP contribution in [0.2, 0.25) is 0 Å². The van der Waals surface area contributed by atoms with Crippen LogP contribution in [0.1, 0.15) is 72.5 Å². The first-order chi connectivity index (χ1) is 17.3.